The number of benzene rings is 1. The second-order valence-electron chi connectivity index (χ2n) is 9.52. The summed E-state index contributed by atoms with van der Waals surface area (Å²) in [6, 6.07) is 8.62. The van der Waals surface area contributed by atoms with Crippen molar-refractivity contribution in [1.82, 2.24) is 9.88 Å². The van der Waals surface area contributed by atoms with Crippen molar-refractivity contribution >= 4 is 27.8 Å². The van der Waals surface area contributed by atoms with Gasteiger partial charge in [0.15, 0.2) is 5.58 Å². The standard InChI is InChI=1S/C24H31N3O/c1-15(2)20-11-10-19-18-9-8-16(3)21(22(18)28-23(19)25-20)27-13-12-26(17(27)4)14-24(5,6)7/h8-13,15,17H,14H2,1-7H3/t17-/m0/s1. The van der Waals surface area contributed by atoms with Crippen LogP contribution in [-0.2, 0) is 0 Å². The molecule has 1 aliphatic rings. The lowest BCUT2D eigenvalue weighted by molar-refractivity contribution is 0.221. The van der Waals surface area contributed by atoms with E-state index in [0.717, 1.165) is 40.0 Å². The van der Waals surface area contributed by atoms with Crippen LogP contribution in [0.3, 0.4) is 0 Å². The van der Waals surface area contributed by atoms with Crippen molar-refractivity contribution in [3.05, 3.63) is 47.9 Å². The quantitative estimate of drug-likeness (QED) is 0.529. The van der Waals surface area contributed by atoms with Gasteiger partial charge < -0.3 is 14.2 Å². The zero-order valence-corrected chi connectivity index (χ0v) is 18.1. The molecule has 0 N–H and O–H groups in total. The van der Waals surface area contributed by atoms with Crippen LogP contribution in [0.25, 0.3) is 22.1 Å². The number of aromatic nitrogens is 1. The lowest BCUT2D eigenvalue weighted by atomic mass is 9.96. The van der Waals surface area contributed by atoms with Crippen molar-refractivity contribution in [2.45, 2.75) is 60.5 Å². The molecule has 1 aromatic carbocycles. The number of hydrogen-bond donors (Lipinski definition) is 0. The van der Waals surface area contributed by atoms with Crippen LogP contribution >= 0.6 is 0 Å². The van der Waals surface area contributed by atoms with Gasteiger partial charge in [-0.2, -0.15) is 0 Å². The van der Waals surface area contributed by atoms with Gasteiger partial charge in [0.2, 0.25) is 5.71 Å². The van der Waals surface area contributed by atoms with Crippen LogP contribution < -0.4 is 4.90 Å². The Kier molecular flexibility index (Phi) is 4.40. The normalized spacial score (nSPS) is 17.6. The monoisotopic (exact) mass is 377 g/mol. The molecule has 0 bridgehead atoms. The van der Waals surface area contributed by atoms with Crippen LogP contribution in [0.15, 0.2) is 41.1 Å². The van der Waals surface area contributed by atoms with Gasteiger partial charge in [-0.15, -0.1) is 0 Å². The van der Waals surface area contributed by atoms with E-state index in [4.69, 9.17) is 9.40 Å². The van der Waals surface area contributed by atoms with Gasteiger partial charge in [-0.1, -0.05) is 46.8 Å². The Morgan fingerprint density at radius 2 is 1.79 bits per heavy atom. The Hall–Kier alpha value is -2.49. The van der Waals surface area contributed by atoms with Crippen molar-refractivity contribution < 1.29 is 4.42 Å². The molecule has 1 atom stereocenters. The summed E-state index contributed by atoms with van der Waals surface area (Å²) < 4.78 is 6.35. The molecular formula is C24H31N3O. The van der Waals surface area contributed by atoms with E-state index in [1.165, 1.54) is 5.56 Å². The van der Waals surface area contributed by atoms with Crippen LogP contribution in [0.1, 0.15) is 58.7 Å². The number of aryl methyl sites for hydroxylation is 1. The van der Waals surface area contributed by atoms with E-state index in [1.54, 1.807) is 0 Å². The molecule has 3 heterocycles. The molecular weight excluding hydrogens is 346 g/mol. The molecule has 0 radical (unpaired) electrons. The minimum atomic E-state index is 0.242. The molecule has 28 heavy (non-hydrogen) atoms. The molecule has 0 unspecified atom stereocenters. The highest BCUT2D eigenvalue weighted by molar-refractivity contribution is 6.08. The van der Waals surface area contributed by atoms with Crippen molar-refractivity contribution in [3.63, 3.8) is 0 Å². The van der Waals surface area contributed by atoms with Crippen molar-refractivity contribution in [2.75, 3.05) is 11.4 Å². The topological polar surface area (TPSA) is 32.5 Å². The van der Waals surface area contributed by atoms with Gasteiger partial charge in [0.1, 0.15) is 6.17 Å². The molecule has 1 aliphatic heterocycles. The minimum Gasteiger partial charge on any atom is -0.435 e. The van der Waals surface area contributed by atoms with Crippen LogP contribution in [0, 0.1) is 12.3 Å². The van der Waals surface area contributed by atoms with E-state index in [9.17, 15) is 0 Å². The summed E-state index contributed by atoms with van der Waals surface area (Å²) in [7, 11) is 0. The Morgan fingerprint density at radius 3 is 2.46 bits per heavy atom. The van der Waals surface area contributed by atoms with E-state index in [1.807, 2.05) is 0 Å². The van der Waals surface area contributed by atoms with Gasteiger partial charge in [0.25, 0.3) is 0 Å². The molecule has 0 saturated heterocycles. The molecule has 0 aliphatic carbocycles. The second kappa shape index (κ2) is 6.54. The summed E-state index contributed by atoms with van der Waals surface area (Å²) in [4.78, 5) is 9.51. The molecule has 0 saturated carbocycles. The minimum absolute atomic E-state index is 0.242. The lowest BCUT2D eigenvalue weighted by Gasteiger charge is -2.34. The van der Waals surface area contributed by atoms with E-state index in [0.29, 0.717) is 5.92 Å². The first-order valence-corrected chi connectivity index (χ1v) is 10.2. The fourth-order valence-electron chi connectivity index (χ4n) is 4.02. The van der Waals surface area contributed by atoms with Gasteiger partial charge in [-0.05, 0) is 42.9 Å². The van der Waals surface area contributed by atoms with Crippen LogP contribution in [0.2, 0.25) is 0 Å². The van der Waals surface area contributed by atoms with E-state index >= 15 is 0 Å². The summed E-state index contributed by atoms with van der Waals surface area (Å²) in [6.45, 7) is 16.6. The molecule has 4 nitrogen and oxygen atoms in total. The predicted octanol–water partition coefficient (Wildman–Crippen LogP) is 6.40. The third-order valence-corrected chi connectivity index (χ3v) is 5.51. The number of pyridine rings is 1. The zero-order chi connectivity index (χ0) is 20.2. The van der Waals surface area contributed by atoms with Crippen molar-refractivity contribution in [3.8, 4) is 0 Å². The number of furan rings is 1. The molecule has 4 rings (SSSR count). The highest BCUT2D eigenvalue weighted by atomic mass is 16.3. The van der Waals surface area contributed by atoms with Gasteiger partial charge in [-0.25, -0.2) is 4.98 Å². The highest BCUT2D eigenvalue weighted by Crippen LogP contribution is 2.40. The summed E-state index contributed by atoms with van der Waals surface area (Å²) >= 11 is 0. The first-order chi connectivity index (χ1) is 13.2. The summed E-state index contributed by atoms with van der Waals surface area (Å²) in [6.07, 6.45) is 4.63. The summed E-state index contributed by atoms with van der Waals surface area (Å²) in [5.74, 6) is 0.381. The number of fused-ring (bicyclic) bond motifs is 3. The smallest absolute Gasteiger partial charge is 0.227 e. The van der Waals surface area contributed by atoms with Gasteiger partial charge >= 0.3 is 0 Å². The molecule has 2 aromatic heterocycles. The largest absolute Gasteiger partial charge is 0.435 e. The summed E-state index contributed by atoms with van der Waals surface area (Å²) in [5, 5.41) is 2.22. The number of hydrogen-bond acceptors (Lipinski definition) is 4. The molecule has 4 heteroatoms. The first kappa shape index (κ1) is 18.9. The van der Waals surface area contributed by atoms with E-state index in [2.05, 4.69) is 94.9 Å². The van der Waals surface area contributed by atoms with Crippen LogP contribution in [0.4, 0.5) is 5.69 Å². The molecule has 0 spiro atoms. The van der Waals surface area contributed by atoms with Crippen LogP contribution in [0.5, 0.6) is 0 Å². The van der Waals surface area contributed by atoms with Gasteiger partial charge in [0, 0.05) is 35.4 Å². The van der Waals surface area contributed by atoms with Crippen molar-refractivity contribution in [2.24, 2.45) is 5.41 Å². The average Bonchev–Trinajstić information content (AvgIpc) is 3.14. The zero-order valence-electron chi connectivity index (χ0n) is 18.1. The van der Waals surface area contributed by atoms with Gasteiger partial charge in [0.05, 0.1) is 5.69 Å². The third-order valence-electron chi connectivity index (χ3n) is 5.51. The number of rotatable bonds is 3. The molecule has 0 amide bonds. The Labute approximate surface area is 167 Å². The first-order valence-electron chi connectivity index (χ1n) is 10.2. The third kappa shape index (κ3) is 3.15. The highest BCUT2D eigenvalue weighted by Gasteiger charge is 2.29. The molecule has 0 fully saturated rings. The second-order valence-corrected chi connectivity index (χ2v) is 9.52. The van der Waals surface area contributed by atoms with E-state index in [-0.39, 0.29) is 11.6 Å². The number of nitrogens with zero attached hydrogens (tertiary/aromatic N) is 3. The number of anilines is 1. The maximum atomic E-state index is 6.35. The Morgan fingerprint density at radius 1 is 1.07 bits per heavy atom. The SMILES string of the molecule is Cc1ccc2c(oc3nc(C(C)C)ccc32)c1N1C=CN(CC(C)(C)C)[C@@H]1C. The molecule has 3 aromatic rings. The Balaban J connectivity index is 1.82. The average molecular weight is 378 g/mol. The fraction of sp³-hybridized carbons (Fsp3) is 0.458. The van der Waals surface area contributed by atoms with Crippen molar-refractivity contribution in [1.29, 1.82) is 0 Å². The Bertz CT molecular complexity index is 1060. The molecule has 148 valence electrons. The van der Waals surface area contributed by atoms with E-state index < -0.39 is 0 Å². The lowest BCUT2D eigenvalue weighted by Crippen LogP contribution is -2.40. The van der Waals surface area contributed by atoms with Crippen LogP contribution in [-0.4, -0.2) is 22.6 Å². The van der Waals surface area contributed by atoms with Gasteiger partial charge in [-0.3, -0.25) is 0 Å². The maximum Gasteiger partial charge on any atom is 0.227 e. The fourth-order valence-corrected chi connectivity index (χ4v) is 4.02. The predicted molar refractivity (Wildman–Crippen MR) is 118 cm³/mol. The maximum absolute atomic E-state index is 6.35. The summed E-state index contributed by atoms with van der Waals surface area (Å²) in [5.41, 5.74) is 5.32.